The van der Waals surface area contributed by atoms with Crippen molar-refractivity contribution in [1.29, 1.82) is 0 Å². The topological polar surface area (TPSA) is 43.6 Å². The van der Waals surface area contributed by atoms with Gasteiger partial charge >= 0.3 is 0 Å². The molecule has 3 aromatic rings. The summed E-state index contributed by atoms with van der Waals surface area (Å²) in [6.45, 7) is 4.66. The van der Waals surface area contributed by atoms with Gasteiger partial charge in [-0.25, -0.2) is 15.0 Å². The maximum Gasteiger partial charge on any atom is 0.128 e. The number of aryl methyl sites for hydroxylation is 1. The lowest BCUT2D eigenvalue weighted by Gasteiger charge is -2.10. The molecule has 0 spiro atoms. The van der Waals surface area contributed by atoms with E-state index in [2.05, 4.69) is 38.6 Å². The molecular formula is C15H15ClN4. The van der Waals surface area contributed by atoms with Crippen LogP contribution in [0.1, 0.15) is 29.4 Å². The molecular weight excluding hydrogens is 272 g/mol. The van der Waals surface area contributed by atoms with Crippen molar-refractivity contribution in [2.45, 2.75) is 25.8 Å². The van der Waals surface area contributed by atoms with Crippen molar-refractivity contribution in [2.75, 3.05) is 0 Å². The molecule has 0 radical (unpaired) electrons. The van der Waals surface area contributed by atoms with Gasteiger partial charge in [0.1, 0.15) is 12.2 Å². The van der Waals surface area contributed by atoms with Crippen LogP contribution in [0.25, 0.3) is 11.0 Å². The van der Waals surface area contributed by atoms with Gasteiger partial charge in [-0.3, -0.25) is 0 Å². The fourth-order valence-corrected chi connectivity index (χ4v) is 2.46. The van der Waals surface area contributed by atoms with Gasteiger partial charge in [-0.2, -0.15) is 0 Å². The van der Waals surface area contributed by atoms with Crippen LogP contribution in [0.2, 0.25) is 0 Å². The predicted octanol–water partition coefficient (Wildman–Crippen LogP) is 3.48. The minimum absolute atomic E-state index is 0.149. The van der Waals surface area contributed by atoms with Crippen molar-refractivity contribution < 1.29 is 0 Å². The molecule has 0 N–H and O–H groups in total. The second-order valence-electron chi connectivity index (χ2n) is 4.87. The second-order valence-corrected chi connectivity index (χ2v) is 5.52. The Morgan fingerprint density at radius 2 is 2.15 bits per heavy atom. The Hall–Kier alpha value is -1.94. The monoisotopic (exact) mass is 286 g/mol. The number of benzene rings is 1. The van der Waals surface area contributed by atoms with E-state index in [0.717, 1.165) is 22.6 Å². The van der Waals surface area contributed by atoms with Crippen LogP contribution in [-0.4, -0.2) is 19.5 Å². The average molecular weight is 287 g/mol. The number of fused-ring (bicyclic) bond motifs is 1. The van der Waals surface area contributed by atoms with Crippen molar-refractivity contribution in [3.05, 3.63) is 53.9 Å². The van der Waals surface area contributed by atoms with Crippen LogP contribution >= 0.6 is 11.6 Å². The molecule has 0 aliphatic rings. The SMILES string of the molecule is Cc1ccc2nc(C(C)Cl)n(Cc3ccncn3)c2c1. The Labute approximate surface area is 122 Å². The molecule has 0 amide bonds. The van der Waals surface area contributed by atoms with E-state index in [-0.39, 0.29) is 5.38 Å². The number of nitrogens with zero attached hydrogens (tertiary/aromatic N) is 4. The van der Waals surface area contributed by atoms with E-state index in [1.54, 1.807) is 12.5 Å². The van der Waals surface area contributed by atoms with E-state index in [1.165, 1.54) is 5.56 Å². The molecule has 2 aromatic heterocycles. The minimum atomic E-state index is -0.149. The summed E-state index contributed by atoms with van der Waals surface area (Å²) in [7, 11) is 0. The number of aromatic nitrogens is 4. The average Bonchev–Trinajstić information content (AvgIpc) is 2.78. The molecule has 2 heterocycles. The van der Waals surface area contributed by atoms with Crippen LogP contribution in [0, 0.1) is 6.92 Å². The number of imidazole rings is 1. The lowest BCUT2D eigenvalue weighted by Crippen LogP contribution is -2.07. The number of hydrogen-bond acceptors (Lipinski definition) is 3. The highest BCUT2D eigenvalue weighted by Crippen LogP contribution is 2.25. The lowest BCUT2D eigenvalue weighted by molar-refractivity contribution is 0.724. The Morgan fingerprint density at radius 1 is 1.30 bits per heavy atom. The Bertz CT molecular complexity index is 734. The Morgan fingerprint density at radius 3 is 2.85 bits per heavy atom. The highest BCUT2D eigenvalue weighted by molar-refractivity contribution is 6.20. The van der Waals surface area contributed by atoms with Gasteiger partial charge in [0, 0.05) is 6.20 Å². The first kappa shape index (κ1) is 13.1. The first-order valence-corrected chi connectivity index (χ1v) is 6.94. The summed E-state index contributed by atoms with van der Waals surface area (Å²) in [5.74, 6) is 0.867. The second kappa shape index (κ2) is 5.21. The van der Waals surface area contributed by atoms with Crippen LogP contribution < -0.4 is 0 Å². The molecule has 0 saturated heterocycles. The summed E-state index contributed by atoms with van der Waals surface area (Å²) < 4.78 is 2.13. The first-order valence-electron chi connectivity index (χ1n) is 6.51. The maximum atomic E-state index is 6.27. The van der Waals surface area contributed by atoms with Crippen molar-refractivity contribution >= 4 is 22.6 Å². The summed E-state index contributed by atoms with van der Waals surface area (Å²) in [6, 6.07) is 8.13. The molecule has 1 atom stereocenters. The molecule has 0 bridgehead atoms. The molecule has 0 aliphatic heterocycles. The zero-order valence-electron chi connectivity index (χ0n) is 11.4. The van der Waals surface area contributed by atoms with Gasteiger partial charge in [0.2, 0.25) is 0 Å². The number of alkyl halides is 1. The van der Waals surface area contributed by atoms with Crippen LogP contribution in [0.4, 0.5) is 0 Å². The third kappa shape index (κ3) is 2.39. The molecule has 20 heavy (non-hydrogen) atoms. The van der Waals surface area contributed by atoms with E-state index in [0.29, 0.717) is 6.54 Å². The molecule has 5 heteroatoms. The van der Waals surface area contributed by atoms with Crippen LogP contribution in [0.3, 0.4) is 0 Å². The molecule has 0 saturated carbocycles. The number of rotatable bonds is 3. The minimum Gasteiger partial charge on any atom is -0.321 e. The summed E-state index contributed by atoms with van der Waals surface area (Å²) in [5, 5.41) is -0.149. The van der Waals surface area contributed by atoms with Crippen molar-refractivity contribution in [3.8, 4) is 0 Å². The molecule has 102 valence electrons. The van der Waals surface area contributed by atoms with Crippen molar-refractivity contribution in [2.24, 2.45) is 0 Å². The third-order valence-corrected chi connectivity index (χ3v) is 3.45. The van der Waals surface area contributed by atoms with Gasteiger partial charge in [0.05, 0.1) is 28.6 Å². The molecule has 3 rings (SSSR count). The van der Waals surface area contributed by atoms with E-state index >= 15 is 0 Å². The van der Waals surface area contributed by atoms with E-state index in [9.17, 15) is 0 Å². The summed E-state index contributed by atoms with van der Waals surface area (Å²) in [5.41, 5.74) is 4.20. The molecule has 4 nitrogen and oxygen atoms in total. The van der Waals surface area contributed by atoms with Gasteiger partial charge in [-0.05, 0) is 37.6 Å². The lowest BCUT2D eigenvalue weighted by atomic mass is 10.2. The predicted molar refractivity (Wildman–Crippen MR) is 79.9 cm³/mol. The number of halogens is 1. The fourth-order valence-electron chi connectivity index (χ4n) is 2.29. The van der Waals surface area contributed by atoms with Crippen molar-refractivity contribution in [3.63, 3.8) is 0 Å². The molecule has 1 aromatic carbocycles. The van der Waals surface area contributed by atoms with Gasteiger partial charge in [-0.15, -0.1) is 11.6 Å². The summed E-state index contributed by atoms with van der Waals surface area (Å²) in [4.78, 5) is 12.9. The molecule has 0 aliphatic carbocycles. The number of hydrogen-bond donors (Lipinski definition) is 0. The van der Waals surface area contributed by atoms with Crippen LogP contribution in [0.5, 0.6) is 0 Å². The van der Waals surface area contributed by atoms with Gasteiger partial charge in [-0.1, -0.05) is 6.07 Å². The van der Waals surface area contributed by atoms with Crippen LogP contribution in [-0.2, 0) is 6.54 Å². The molecule has 1 unspecified atom stereocenters. The maximum absolute atomic E-state index is 6.27. The largest absolute Gasteiger partial charge is 0.321 e. The van der Waals surface area contributed by atoms with Gasteiger partial charge in [0.25, 0.3) is 0 Å². The first-order chi connectivity index (χ1) is 9.65. The highest BCUT2D eigenvalue weighted by Gasteiger charge is 2.15. The zero-order valence-corrected chi connectivity index (χ0v) is 12.2. The van der Waals surface area contributed by atoms with Crippen LogP contribution in [0.15, 0.2) is 36.8 Å². The van der Waals surface area contributed by atoms with Crippen molar-refractivity contribution in [1.82, 2.24) is 19.5 Å². The highest BCUT2D eigenvalue weighted by atomic mass is 35.5. The standard InChI is InChI=1S/C15H15ClN4/c1-10-3-4-13-14(7-10)20(15(19-13)11(2)16)8-12-5-6-17-9-18-12/h3-7,9,11H,8H2,1-2H3. The fraction of sp³-hybridized carbons (Fsp3) is 0.267. The molecule has 0 fully saturated rings. The quantitative estimate of drug-likeness (QED) is 0.692. The normalized spacial score (nSPS) is 12.8. The van der Waals surface area contributed by atoms with Gasteiger partial charge in [0.15, 0.2) is 0 Å². The van der Waals surface area contributed by atoms with E-state index in [1.807, 2.05) is 19.1 Å². The van der Waals surface area contributed by atoms with Gasteiger partial charge < -0.3 is 4.57 Å². The smallest absolute Gasteiger partial charge is 0.128 e. The Kier molecular flexibility index (Phi) is 3.40. The summed E-state index contributed by atoms with van der Waals surface area (Å²) >= 11 is 6.27. The third-order valence-electron chi connectivity index (χ3n) is 3.25. The van der Waals surface area contributed by atoms with E-state index in [4.69, 9.17) is 11.6 Å². The Balaban J connectivity index is 2.15. The summed E-state index contributed by atoms with van der Waals surface area (Å²) in [6.07, 6.45) is 3.31. The van der Waals surface area contributed by atoms with E-state index < -0.39 is 0 Å². The zero-order chi connectivity index (χ0) is 14.1.